The highest BCUT2D eigenvalue weighted by Crippen LogP contribution is 2.38. The number of aliphatic hydroxyl groups is 3. The van der Waals surface area contributed by atoms with Gasteiger partial charge in [0.25, 0.3) is 0 Å². The number of aryl methyl sites for hydroxylation is 1. The second kappa shape index (κ2) is 9.12. The van der Waals surface area contributed by atoms with Gasteiger partial charge in [0.05, 0.1) is 5.39 Å². The molecule has 2 fully saturated rings. The van der Waals surface area contributed by atoms with E-state index in [1.54, 1.807) is 39.9 Å². The van der Waals surface area contributed by atoms with Crippen LogP contribution in [0.15, 0.2) is 36.8 Å². The van der Waals surface area contributed by atoms with E-state index in [1.165, 1.54) is 6.33 Å². The van der Waals surface area contributed by atoms with Crippen LogP contribution in [0.25, 0.3) is 11.0 Å². The molecule has 4 heterocycles. The smallest absolute Gasteiger partial charge is 0.323 e. The quantitative estimate of drug-likeness (QED) is 0.444. The van der Waals surface area contributed by atoms with E-state index < -0.39 is 30.6 Å². The zero-order chi connectivity index (χ0) is 24.0. The van der Waals surface area contributed by atoms with Gasteiger partial charge in [-0.05, 0) is 43.0 Å². The van der Waals surface area contributed by atoms with Crippen molar-refractivity contribution in [3.05, 3.63) is 52.9 Å². The van der Waals surface area contributed by atoms with Crippen LogP contribution in [-0.4, -0.2) is 72.2 Å². The number of amides is 2. The third-order valence-electron chi connectivity index (χ3n) is 6.51. The number of hydrogen-bond donors (Lipinski definition) is 4. The lowest BCUT2D eigenvalue weighted by molar-refractivity contribution is -0.0848. The zero-order valence-corrected chi connectivity index (χ0v) is 19.3. The van der Waals surface area contributed by atoms with Crippen molar-refractivity contribution in [2.24, 2.45) is 0 Å². The molecule has 1 aromatic carbocycles. The standard InChI is InChI=1S/C23H26ClN5O5/c1-12-10-13(4-5-15(12)24)16(30)19-17(31)18(32)22(34-19)29-9-6-14-20(25-11-26-21(14)29)27-23(33)28-7-2-3-8-28/h4-6,9-11,16-19,22,30-32H,2-3,7-8H2,1H3,(H,25,26,27,33)/t16-,17+,18-,19-,22-/m1/s1. The van der Waals surface area contributed by atoms with Gasteiger partial charge in [0.1, 0.15) is 42.2 Å². The molecule has 4 N–H and O–H groups in total. The molecule has 2 aromatic heterocycles. The first-order valence-corrected chi connectivity index (χ1v) is 11.6. The first-order valence-electron chi connectivity index (χ1n) is 11.2. The number of aliphatic hydroxyl groups excluding tert-OH is 3. The van der Waals surface area contributed by atoms with Crippen molar-refractivity contribution in [2.75, 3.05) is 18.4 Å². The van der Waals surface area contributed by atoms with Crippen LogP contribution in [0.4, 0.5) is 10.6 Å². The van der Waals surface area contributed by atoms with Gasteiger partial charge in [-0.1, -0.05) is 23.7 Å². The monoisotopic (exact) mass is 487 g/mol. The summed E-state index contributed by atoms with van der Waals surface area (Å²) in [4.78, 5) is 22.8. The summed E-state index contributed by atoms with van der Waals surface area (Å²) in [7, 11) is 0. The van der Waals surface area contributed by atoms with Gasteiger partial charge in [0.15, 0.2) is 6.23 Å². The van der Waals surface area contributed by atoms with Crippen LogP contribution in [-0.2, 0) is 4.74 Å². The predicted molar refractivity (Wildman–Crippen MR) is 124 cm³/mol. The summed E-state index contributed by atoms with van der Waals surface area (Å²) in [6.07, 6.45) is -1.00. The summed E-state index contributed by atoms with van der Waals surface area (Å²) in [6.45, 7) is 3.23. The highest BCUT2D eigenvalue weighted by atomic mass is 35.5. The van der Waals surface area contributed by atoms with E-state index in [2.05, 4.69) is 15.3 Å². The molecule has 3 aromatic rings. The summed E-state index contributed by atoms with van der Waals surface area (Å²) < 4.78 is 7.52. The Balaban J connectivity index is 1.40. The molecule has 34 heavy (non-hydrogen) atoms. The minimum atomic E-state index is -1.34. The summed E-state index contributed by atoms with van der Waals surface area (Å²) in [5, 5.41) is 36.3. The van der Waals surface area contributed by atoms with E-state index in [-0.39, 0.29) is 6.03 Å². The molecule has 11 heteroatoms. The average Bonchev–Trinajstić information content (AvgIpc) is 3.56. The van der Waals surface area contributed by atoms with E-state index in [9.17, 15) is 20.1 Å². The molecule has 0 unspecified atom stereocenters. The first kappa shape index (κ1) is 23.0. The van der Waals surface area contributed by atoms with Crippen LogP contribution in [0.2, 0.25) is 5.02 Å². The number of fused-ring (bicyclic) bond motifs is 1. The molecule has 2 saturated heterocycles. The Kier molecular flexibility index (Phi) is 6.17. The Bertz CT molecular complexity index is 1210. The number of nitrogens with one attached hydrogen (secondary N) is 1. The number of aromatic nitrogens is 3. The summed E-state index contributed by atoms with van der Waals surface area (Å²) >= 11 is 6.08. The van der Waals surface area contributed by atoms with Gasteiger partial charge >= 0.3 is 6.03 Å². The molecule has 180 valence electrons. The van der Waals surface area contributed by atoms with Gasteiger partial charge in [0.2, 0.25) is 0 Å². The van der Waals surface area contributed by atoms with Crippen molar-refractivity contribution in [1.29, 1.82) is 0 Å². The summed E-state index contributed by atoms with van der Waals surface area (Å²) in [5.74, 6) is 0.349. The summed E-state index contributed by atoms with van der Waals surface area (Å²) in [6, 6.07) is 6.53. The number of likely N-dealkylation sites (tertiary alicyclic amines) is 1. The molecule has 2 aliphatic rings. The lowest BCUT2D eigenvalue weighted by Gasteiger charge is -2.22. The van der Waals surface area contributed by atoms with Crippen molar-refractivity contribution in [3.63, 3.8) is 0 Å². The lowest BCUT2D eigenvalue weighted by Crippen LogP contribution is -2.34. The maximum Gasteiger partial charge on any atom is 0.323 e. The van der Waals surface area contributed by atoms with Crippen molar-refractivity contribution < 1.29 is 24.9 Å². The van der Waals surface area contributed by atoms with Crippen molar-refractivity contribution >= 4 is 34.5 Å². The maximum absolute atomic E-state index is 12.5. The highest BCUT2D eigenvalue weighted by molar-refractivity contribution is 6.31. The van der Waals surface area contributed by atoms with E-state index in [4.69, 9.17) is 16.3 Å². The molecule has 5 rings (SSSR count). The Morgan fingerprint density at radius 1 is 1.21 bits per heavy atom. The third-order valence-corrected chi connectivity index (χ3v) is 6.94. The average molecular weight is 488 g/mol. The lowest BCUT2D eigenvalue weighted by atomic mass is 9.98. The molecule has 2 amide bonds. The topological polar surface area (TPSA) is 133 Å². The van der Waals surface area contributed by atoms with E-state index in [0.717, 1.165) is 18.4 Å². The fourth-order valence-corrected chi connectivity index (χ4v) is 4.71. The predicted octanol–water partition coefficient (Wildman–Crippen LogP) is 2.37. The van der Waals surface area contributed by atoms with Crippen LogP contribution in [0.3, 0.4) is 0 Å². The molecular formula is C23H26ClN5O5. The number of urea groups is 1. The SMILES string of the molecule is Cc1cc([C@@H](O)[C@H]2O[C@@H](n3ccc4c(NC(=O)N5CCCC5)ncnc43)[C@H](O)[C@@H]2O)ccc1Cl. The number of nitrogens with zero attached hydrogens (tertiary/aromatic N) is 4. The van der Waals surface area contributed by atoms with Crippen molar-refractivity contribution in [3.8, 4) is 0 Å². The summed E-state index contributed by atoms with van der Waals surface area (Å²) in [5.41, 5.74) is 1.71. The molecule has 0 saturated carbocycles. The van der Waals surface area contributed by atoms with Gasteiger partial charge in [0, 0.05) is 24.3 Å². The number of ether oxygens (including phenoxy) is 1. The molecule has 5 atom stereocenters. The normalized spacial score (nSPS) is 25.7. The van der Waals surface area contributed by atoms with Crippen LogP contribution >= 0.6 is 11.6 Å². The van der Waals surface area contributed by atoms with Crippen molar-refractivity contribution in [1.82, 2.24) is 19.4 Å². The molecule has 0 bridgehead atoms. The number of carbonyl (C=O) groups is 1. The molecule has 0 radical (unpaired) electrons. The van der Waals surface area contributed by atoms with Crippen LogP contribution < -0.4 is 5.32 Å². The fraction of sp³-hybridized carbons (Fsp3) is 0.435. The first-order chi connectivity index (χ1) is 16.3. The van der Waals surface area contributed by atoms with Crippen molar-refractivity contribution in [2.45, 2.75) is 50.4 Å². The molecule has 0 spiro atoms. The van der Waals surface area contributed by atoms with Gasteiger partial charge in [-0.3, -0.25) is 5.32 Å². The number of anilines is 1. The van der Waals surface area contributed by atoms with Gasteiger partial charge in [-0.15, -0.1) is 0 Å². The Morgan fingerprint density at radius 3 is 2.71 bits per heavy atom. The maximum atomic E-state index is 12.5. The number of carbonyl (C=O) groups excluding carboxylic acids is 1. The van der Waals surface area contributed by atoms with E-state index in [1.807, 2.05) is 6.92 Å². The van der Waals surface area contributed by atoms with E-state index >= 15 is 0 Å². The van der Waals surface area contributed by atoms with Gasteiger partial charge in [-0.25, -0.2) is 14.8 Å². The second-order valence-electron chi connectivity index (χ2n) is 8.73. The largest absolute Gasteiger partial charge is 0.387 e. The van der Waals surface area contributed by atoms with Gasteiger partial charge < -0.3 is 29.5 Å². The second-order valence-corrected chi connectivity index (χ2v) is 9.14. The molecule has 2 aliphatic heterocycles. The number of halogens is 1. The number of hydrogen-bond acceptors (Lipinski definition) is 7. The minimum absolute atomic E-state index is 0.223. The number of benzene rings is 1. The molecule has 10 nitrogen and oxygen atoms in total. The minimum Gasteiger partial charge on any atom is -0.387 e. The van der Waals surface area contributed by atoms with Crippen LogP contribution in [0, 0.1) is 6.92 Å². The number of rotatable bonds is 4. The van der Waals surface area contributed by atoms with Crippen LogP contribution in [0.1, 0.15) is 36.3 Å². The Hall–Kier alpha value is -2.76. The zero-order valence-electron chi connectivity index (χ0n) is 18.5. The van der Waals surface area contributed by atoms with Crippen LogP contribution in [0.5, 0.6) is 0 Å². The highest BCUT2D eigenvalue weighted by Gasteiger charge is 2.47. The molecule has 0 aliphatic carbocycles. The molecular weight excluding hydrogens is 462 g/mol. The Morgan fingerprint density at radius 2 is 1.97 bits per heavy atom. The van der Waals surface area contributed by atoms with Gasteiger partial charge in [-0.2, -0.15) is 0 Å². The Labute approximate surface area is 200 Å². The fourth-order valence-electron chi connectivity index (χ4n) is 4.59. The van der Waals surface area contributed by atoms with E-state index in [0.29, 0.717) is 40.5 Å². The third kappa shape index (κ3) is 4.01.